The Labute approximate surface area is 133 Å². The van der Waals surface area contributed by atoms with Crippen LogP contribution in [0.3, 0.4) is 0 Å². The van der Waals surface area contributed by atoms with Gasteiger partial charge >= 0.3 is 7.12 Å². The maximum atomic E-state index is 9.67. The van der Waals surface area contributed by atoms with E-state index in [-0.39, 0.29) is 24.4 Å². The summed E-state index contributed by atoms with van der Waals surface area (Å²) in [5.74, 6) is 0. The smallest absolute Gasteiger partial charge is 0.399 e. The van der Waals surface area contributed by atoms with E-state index in [0.29, 0.717) is 6.04 Å². The van der Waals surface area contributed by atoms with E-state index in [9.17, 15) is 5.11 Å². The molecule has 6 heteroatoms. The highest BCUT2D eigenvalue weighted by Gasteiger charge is 2.52. The summed E-state index contributed by atoms with van der Waals surface area (Å²) >= 11 is 0. The molecule has 0 radical (unpaired) electrons. The first-order chi connectivity index (χ1) is 10.2. The highest BCUT2D eigenvalue weighted by molar-refractivity contribution is 6.62. The molecule has 1 saturated heterocycles. The minimum Gasteiger partial charge on any atom is -0.399 e. The summed E-state index contributed by atoms with van der Waals surface area (Å²) in [7, 11) is -0.354. The van der Waals surface area contributed by atoms with E-state index in [1.807, 2.05) is 6.20 Å². The molecule has 1 aromatic rings. The molecule has 0 unspecified atom stereocenters. The van der Waals surface area contributed by atoms with Crippen LogP contribution in [0.1, 0.15) is 65.1 Å². The van der Waals surface area contributed by atoms with Gasteiger partial charge in [-0.1, -0.05) is 0 Å². The van der Waals surface area contributed by atoms with E-state index in [1.165, 1.54) is 0 Å². The average molecular weight is 306 g/mol. The Morgan fingerprint density at radius 2 is 1.68 bits per heavy atom. The highest BCUT2D eigenvalue weighted by Crippen LogP contribution is 2.37. The topological polar surface area (TPSA) is 56.5 Å². The Balaban J connectivity index is 1.80. The van der Waals surface area contributed by atoms with Gasteiger partial charge in [0.15, 0.2) is 0 Å². The molecule has 0 amide bonds. The van der Waals surface area contributed by atoms with Crippen molar-refractivity contribution in [2.45, 2.75) is 83.6 Å². The second-order valence-corrected chi connectivity index (χ2v) is 7.68. The fraction of sp³-hybridized carbons (Fsp3) is 0.812. The second-order valence-electron chi connectivity index (χ2n) is 7.68. The monoisotopic (exact) mass is 306 g/mol. The molecule has 1 N–H and O–H groups in total. The lowest BCUT2D eigenvalue weighted by Gasteiger charge is -2.32. The summed E-state index contributed by atoms with van der Waals surface area (Å²) in [6.07, 6.45) is 5.40. The van der Waals surface area contributed by atoms with Gasteiger partial charge < -0.3 is 14.4 Å². The van der Waals surface area contributed by atoms with Crippen molar-refractivity contribution in [2.75, 3.05) is 0 Å². The summed E-state index contributed by atoms with van der Waals surface area (Å²) in [6.45, 7) is 10.3. The molecular weight excluding hydrogens is 279 g/mol. The van der Waals surface area contributed by atoms with Crippen LogP contribution in [-0.4, -0.2) is 39.3 Å². The minimum atomic E-state index is -0.354. The van der Waals surface area contributed by atoms with Crippen LogP contribution in [-0.2, 0) is 9.31 Å². The fourth-order valence-electron chi connectivity index (χ4n) is 3.31. The van der Waals surface area contributed by atoms with Crippen LogP contribution in [0.25, 0.3) is 0 Å². The third-order valence-corrected chi connectivity index (χ3v) is 5.60. The van der Waals surface area contributed by atoms with Gasteiger partial charge in [0.25, 0.3) is 0 Å². The minimum absolute atomic E-state index is 0.144. The maximum Gasteiger partial charge on any atom is 0.498 e. The molecule has 0 atom stereocenters. The molecule has 0 aromatic carbocycles. The van der Waals surface area contributed by atoms with Crippen LogP contribution in [0, 0.1) is 6.92 Å². The van der Waals surface area contributed by atoms with E-state index < -0.39 is 0 Å². The summed E-state index contributed by atoms with van der Waals surface area (Å²) in [4.78, 5) is 0. The Morgan fingerprint density at radius 1 is 1.14 bits per heavy atom. The number of aromatic nitrogens is 2. The van der Waals surface area contributed by atoms with Crippen LogP contribution >= 0.6 is 0 Å². The van der Waals surface area contributed by atoms with Gasteiger partial charge in [0, 0.05) is 17.4 Å². The number of aliphatic hydroxyl groups excluding tert-OH is 1. The molecule has 22 heavy (non-hydrogen) atoms. The van der Waals surface area contributed by atoms with Gasteiger partial charge in [-0.2, -0.15) is 5.10 Å². The summed E-state index contributed by atoms with van der Waals surface area (Å²) in [5, 5.41) is 14.2. The van der Waals surface area contributed by atoms with E-state index in [4.69, 9.17) is 9.31 Å². The van der Waals surface area contributed by atoms with Crippen LogP contribution in [0.2, 0.25) is 0 Å². The number of aliphatic hydroxyl groups is 1. The van der Waals surface area contributed by atoms with Gasteiger partial charge in [-0.3, -0.25) is 4.68 Å². The number of nitrogens with zero attached hydrogens (tertiary/aromatic N) is 2. The summed E-state index contributed by atoms with van der Waals surface area (Å²) in [5.41, 5.74) is 1.46. The molecule has 1 aromatic heterocycles. The molecule has 0 spiro atoms. The average Bonchev–Trinajstić information content (AvgIpc) is 2.89. The SMILES string of the molecule is Cc1c(B2OC(C)(C)C(C)(C)O2)cnn1C1CCC(O)CC1. The number of hydrogen-bond acceptors (Lipinski definition) is 4. The molecular formula is C16H27BN2O3. The largest absolute Gasteiger partial charge is 0.498 e. The van der Waals surface area contributed by atoms with Gasteiger partial charge in [0.05, 0.1) is 23.3 Å². The van der Waals surface area contributed by atoms with Crippen molar-refractivity contribution < 1.29 is 14.4 Å². The van der Waals surface area contributed by atoms with Gasteiger partial charge in [0.2, 0.25) is 0 Å². The van der Waals surface area contributed by atoms with Crippen molar-refractivity contribution in [1.82, 2.24) is 9.78 Å². The van der Waals surface area contributed by atoms with Crippen molar-refractivity contribution in [3.8, 4) is 0 Å². The number of hydrogen-bond donors (Lipinski definition) is 1. The first kappa shape index (κ1) is 16.0. The summed E-state index contributed by atoms with van der Waals surface area (Å²) in [6, 6.07) is 0.375. The molecule has 5 nitrogen and oxygen atoms in total. The Kier molecular flexibility index (Phi) is 3.90. The maximum absolute atomic E-state index is 9.67. The van der Waals surface area contributed by atoms with E-state index in [1.54, 1.807) is 0 Å². The lowest BCUT2D eigenvalue weighted by atomic mass is 9.79. The fourth-order valence-corrected chi connectivity index (χ4v) is 3.31. The molecule has 3 rings (SSSR count). The molecule has 2 fully saturated rings. The zero-order valence-corrected chi connectivity index (χ0v) is 14.3. The van der Waals surface area contributed by atoms with Crippen molar-refractivity contribution in [3.05, 3.63) is 11.9 Å². The number of rotatable bonds is 2. The second kappa shape index (κ2) is 5.36. The molecule has 122 valence electrons. The van der Waals surface area contributed by atoms with Crippen LogP contribution < -0.4 is 5.46 Å². The predicted molar refractivity (Wildman–Crippen MR) is 86.2 cm³/mol. The van der Waals surface area contributed by atoms with Gasteiger partial charge in [-0.15, -0.1) is 0 Å². The van der Waals surface area contributed by atoms with Crippen molar-refractivity contribution in [1.29, 1.82) is 0 Å². The zero-order chi connectivity index (χ0) is 16.1. The molecule has 0 bridgehead atoms. The highest BCUT2D eigenvalue weighted by atomic mass is 16.7. The molecule has 2 heterocycles. The van der Waals surface area contributed by atoms with Crippen molar-refractivity contribution >= 4 is 12.6 Å². The normalized spacial score (nSPS) is 30.7. The van der Waals surface area contributed by atoms with E-state index in [2.05, 4.69) is 44.4 Å². The van der Waals surface area contributed by atoms with Gasteiger partial charge in [0.1, 0.15) is 0 Å². The third-order valence-electron chi connectivity index (χ3n) is 5.60. The van der Waals surface area contributed by atoms with Gasteiger partial charge in [-0.25, -0.2) is 0 Å². The first-order valence-electron chi connectivity index (χ1n) is 8.29. The van der Waals surface area contributed by atoms with Crippen LogP contribution in [0.4, 0.5) is 0 Å². The summed E-state index contributed by atoms with van der Waals surface area (Å²) < 4.78 is 14.4. The molecule has 1 saturated carbocycles. The molecule has 1 aliphatic carbocycles. The lowest BCUT2D eigenvalue weighted by molar-refractivity contribution is 0.00578. The molecule has 2 aliphatic rings. The van der Waals surface area contributed by atoms with Gasteiger partial charge in [-0.05, 0) is 60.3 Å². The quantitative estimate of drug-likeness (QED) is 0.849. The third kappa shape index (κ3) is 2.61. The van der Waals surface area contributed by atoms with E-state index >= 15 is 0 Å². The first-order valence-corrected chi connectivity index (χ1v) is 8.29. The van der Waals surface area contributed by atoms with Crippen LogP contribution in [0.15, 0.2) is 6.20 Å². The Bertz CT molecular complexity index is 532. The van der Waals surface area contributed by atoms with Crippen molar-refractivity contribution in [2.24, 2.45) is 0 Å². The van der Waals surface area contributed by atoms with E-state index in [0.717, 1.165) is 36.8 Å². The standard InChI is InChI=1S/C16H27BN2O3/c1-11-14(17-21-15(2,3)16(4,5)22-17)10-18-19(11)12-6-8-13(20)9-7-12/h10,12-13,20H,6-9H2,1-5H3. The molecule has 1 aliphatic heterocycles. The zero-order valence-electron chi connectivity index (χ0n) is 14.3. The lowest BCUT2D eigenvalue weighted by Crippen LogP contribution is -2.41. The van der Waals surface area contributed by atoms with Crippen molar-refractivity contribution in [3.63, 3.8) is 0 Å². The Hall–Kier alpha value is -0.845. The van der Waals surface area contributed by atoms with Crippen LogP contribution in [0.5, 0.6) is 0 Å². The Morgan fingerprint density at radius 3 is 2.23 bits per heavy atom. The predicted octanol–water partition coefficient (Wildman–Crippen LogP) is 1.97.